The zero-order valence-electron chi connectivity index (χ0n) is 6.62. The maximum absolute atomic E-state index is 5.55. The molecule has 7 nitrogen and oxygen atoms in total. The zero-order valence-corrected chi connectivity index (χ0v) is 6.62. The molecule has 4 N–H and O–H groups in total. The Morgan fingerprint density at radius 2 is 1.85 bits per heavy atom. The molecule has 2 aromatic heterocycles. The normalized spacial score (nSPS) is 10.2. The highest BCUT2D eigenvalue weighted by molar-refractivity contribution is 5.53. The molecule has 2 aromatic rings. The predicted octanol–water partition coefficient (Wildman–Crippen LogP) is -0.969. The van der Waals surface area contributed by atoms with Gasteiger partial charge in [-0.3, -0.25) is 0 Å². The first-order valence-corrected chi connectivity index (χ1v) is 3.50. The second-order valence-corrected chi connectivity index (χ2v) is 2.38. The maximum Gasteiger partial charge on any atom is 0.241 e. The van der Waals surface area contributed by atoms with E-state index in [1.165, 1.54) is 11.0 Å². The van der Waals surface area contributed by atoms with Gasteiger partial charge in [0.15, 0.2) is 5.82 Å². The molecule has 0 atom stereocenters. The van der Waals surface area contributed by atoms with E-state index in [2.05, 4.69) is 20.2 Å². The quantitative estimate of drug-likeness (QED) is 0.542. The second-order valence-electron chi connectivity index (χ2n) is 2.38. The molecule has 13 heavy (non-hydrogen) atoms. The Bertz CT molecular complexity index is 406. The van der Waals surface area contributed by atoms with Crippen LogP contribution in [0.2, 0.25) is 0 Å². The van der Waals surface area contributed by atoms with E-state index in [-0.39, 0.29) is 5.95 Å². The number of aromatic nitrogens is 5. The van der Waals surface area contributed by atoms with Gasteiger partial charge >= 0.3 is 0 Å². The first-order valence-electron chi connectivity index (χ1n) is 3.50. The summed E-state index contributed by atoms with van der Waals surface area (Å²) in [4.78, 5) is 7.65. The van der Waals surface area contributed by atoms with E-state index in [0.29, 0.717) is 11.4 Å². The number of rotatable bonds is 1. The summed E-state index contributed by atoms with van der Waals surface area (Å²) in [6.45, 7) is 0. The number of nitrogen functional groups attached to an aromatic ring is 2. The molecule has 0 aliphatic rings. The van der Waals surface area contributed by atoms with Crippen molar-refractivity contribution in [2.24, 2.45) is 0 Å². The van der Waals surface area contributed by atoms with Crippen molar-refractivity contribution >= 4 is 5.95 Å². The van der Waals surface area contributed by atoms with Crippen molar-refractivity contribution < 1.29 is 0 Å². The van der Waals surface area contributed by atoms with Crippen molar-refractivity contribution in [1.82, 2.24) is 24.8 Å². The Morgan fingerprint density at radius 3 is 2.38 bits per heavy atom. The van der Waals surface area contributed by atoms with Crippen LogP contribution in [0.3, 0.4) is 0 Å². The van der Waals surface area contributed by atoms with Gasteiger partial charge in [0.05, 0.1) is 5.56 Å². The summed E-state index contributed by atoms with van der Waals surface area (Å²) in [6, 6.07) is 0. The van der Waals surface area contributed by atoms with Gasteiger partial charge in [-0.15, -0.1) is 10.2 Å². The molecule has 0 fully saturated rings. The lowest BCUT2D eigenvalue weighted by Crippen LogP contribution is -2.13. The van der Waals surface area contributed by atoms with Crippen molar-refractivity contribution in [1.29, 1.82) is 0 Å². The lowest BCUT2D eigenvalue weighted by molar-refractivity contribution is 1.01. The van der Waals surface area contributed by atoms with Crippen molar-refractivity contribution in [3.05, 3.63) is 18.7 Å². The molecule has 0 saturated heterocycles. The molecule has 0 amide bonds. The van der Waals surface area contributed by atoms with Crippen LogP contribution in [-0.4, -0.2) is 24.8 Å². The first-order chi connectivity index (χ1) is 6.29. The summed E-state index contributed by atoms with van der Waals surface area (Å²) in [5.41, 5.74) is 6.08. The van der Waals surface area contributed by atoms with Crippen LogP contribution in [-0.2, 0) is 0 Å². The van der Waals surface area contributed by atoms with Gasteiger partial charge in [-0.2, -0.15) is 0 Å². The van der Waals surface area contributed by atoms with E-state index in [0.717, 1.165) is 0 Å². The van der Waals surface area contributed by atoms with Crippen LogP contribution in [0.15, 0.2) is 18.7 Å². The fourth-order valence-corrected chi connectivity index (χ4v) is 0.915. The highest BCUT2D eigenvalue weighted by atomic mass is 15.4. The molecule has 0 spiro atoms. The van der Waals surface area contributed by atoms with Gasteiger partial charge in [-0.1, -0.05) is 0 Å². The first kappa shape index (κ1) is 7.47. The summed E-state index contributed by atoms with van der Waals surface area (Å²) >= 11 is 0. The third kappa shape index (κ3) is 1.15. The van der Waals surface area contributed by atoms with E-state index in [9.17, 15) is 0 Å². The lowest BCUT2D eigenvalue weighted by atomic mass is 10.3. The zero-order chi connectivity index (χ0) is 9.26. The van der Waals surface area contributed by atoms with E-state index < -0.39 is 0 Å². The van der Waals surface area contributed by atoms with Gasteiger partial charge in [-0.05, 0) is 0 Å². The number of nitrogens with zero attached hydrogens (tertiary/aromatic N) is 5. The highest BCUT2D eigenvalue weighted by Gasteiger charge is 2.08. The maximum atomic E-state index is 5.55. The summed E-state index contributed by atoms with van der Waals surface area (Å²) < 4.78 is 1.18. The second kappa shape index (κ2) is 2.70. The lowest BCUT2D eigenvalue weighted by Gasteiger charge is -1.98. The molecule has 7 heteroatoms. The molecule has 0 aliphatic heterocycles. The minimum atomic E-state index is 0.152. The molecule has 0 unspecified atom stereocenters. The Hall–Kier alpha value is -2.18. The van der Waals surface area contributed by atoms with Gasteiger partial charge in [-0.25, -0.2) is 14.6 Å². The molecule has 2 heterocycles. The van der Waals surface area contributed by atoms with Gasteiger partial charge in [0.1, 0.15) is 6.33 Å². The summed E-state index contributed by atoms with van der Waals surface area (Å²) in [7, 11) is 0. The van der Waals surface area contributed by atoms with Gasteiger partial charge in [0.2, 0.25) is 5.95 Å². The molecule has 2 rings (SSSR count). The van der Waals surface area contributed by atoms with Gasteiger partial charge < -0.3 is 11.6 Å². The van der Waals surface area contributed by atoms with Crippen LogP contribution < -0.4 is 11.6 Å². The smallest absolute Gasteiger partial charge is 0.241 e. The number of nitrogens with two attached hydrogens (primary N) is 2. The number of hydrogen-bond donors (Lipinski definition) is 2. The van der Waals surface area contributed by atoms with Crippen LogP contribution in [0, 0.1) is 0 Å². The predicted molar refractivity (Wildman–Crippen MR) is 45.6 cm³/mol. The third-order valence-electron chi connectivity index (χ3n) is 1.54. The Kier molecular flexibility index (Phi) is 1.55. The van der Waals surface area contributed by atoms with Crippen LogP contribution in [0.25, 0.3) is 11.4 Å². The average Bonchev–Trinajstić information content (AvgIpc) is 2.49. The summed E-state index contributed by atoms with van der Waals surface area (Å²) in [5, 5.41) is 7.37. The van der Waals surface area contributed by atoms with Gasteiger partial charge in [0, 0.05) is 12.4 Å². The van der Waals surface area contributed by atoms with E-state index >= 15 is 0 Å². The fourth-order valence-electron chi connectivity index (χ4n) is 0.915. The monoisotopic (exact) mass is 177 g/mol. The molecular weight excluding hydrogens is 170 g/mol. The molecule has 0 radical (unpaired) electrons. The van der Waals surface area contributed by atoms with Crippen molar-refractivity contribution in [3.8, 4) is 11.4 Å². The van der Waals surface area contributed by atoms with Crippen molar-refractivity contribution in [2.45, 2.75) is 0 Å². The highest BCUT2D eigenvalue weighted by Crippen LogP contribution is 2.13. The van der Waals surface area contributed by atoms with Crippen LogP contribution in [0.1, 0.15) is 0 Å². The Morgan fingerprint density at radius 1 is 1.15 bits per heavy atom. The molecule has 66 valence electrons. The third-order valence-corrected chi connectivity index (χ3v) is 1.54. The molecule has 0 saturated carbocycles. The largest absolute Gasteiger partial charge is 0.366 e. The van der Waals surface area contributed by atoms with Gasteiger partial charge in [0.25, 0.3) is 0 Å². The number of anilines is 1. The van der Waals surface area contributed by atoms with Crippen LogP contribution >= 0.6 is 0 Å². The van der Waals surface area contributed by atoms with Crippen LogP contribution in [0.5, 0.6) is 0 Å². The molecular formula is C6H7N7. The van der Waals surface area contributed by atoms with Crippen molar-refractivity contribution in [2.75, 3.05) is 11.6 Å². The Balaban J connectivity index is 2.53. The molecule has 0 bridgehead atoms. The van der Waals surface area contributed by atoms with E-state index in [1.54, 1.807) is 12.4 Å². The molecule has 0 aromatic carbocycles. The van der Waals surface area contributed by atoms with E-state index in [1.807, 2.05) is 0 Å². The summed E-state index contributed by atoms with van der Waals surface area (Å²) in [6.07, 6.45) is 4.59. The minimum absolute atomic E-state index is 0.152. The average molecular weight is 177 g/mol. The standard InChI is InChI=1S/C6H7N7/c7-6-12-11-5(13(6)8)4-1-9-3-10-2-4/h1-3H,8H2,(H2,7,12). The minimum Gasteiger partial charge on any atom is -0.366 e. The SMILES string of the molecule is Nc1nnc(-c2cncnc2)n1N. The molecule has 0 aliphatic carbocycles. The summed E-state index contributed by atoms with van der Waals surface area (Å²) in [5.74, 6) is 6.14. The number of hydrogen-bond acceptors (Lipinski definition) is 6. The van der Waals surface area contributed by atoms with Crippen LogP contribution in [0.4, 0.5) is 5.95 Å². The Labute approximate surface area is 73.4 Å². The fraction of sp³-hybridized carbons (Fsp3) is 0. The van der Waals surface area contributed by atoms with Crippen molar-refractivity contribution in [3.63, 3.8) is 0 Å². The van der Waals surface area contributed by atoms with E-state index in [4.69, 9.17) is 11.6 Å². The topological polar surface area (TPSA) is 109 Å².